The van der Waals surface area contributed by atoms with E-state index in [1.165, 1.54) is 16.9 Å². The van der Waals surface area contributed by atoms with Crippen LogP contribution >= 0.6 is 11.3 Å². The van der Waals surface area contributed by atoms with Gasteiger partial charge in [0.25, 0.3) is 5.91 Å². The van der Waals surface area contributed by atoms with Gasteiger partial charge < -0.3 is 10.1 Å². The maximum Gasteiger partial charge on any atom is 0.280 e. The number of benzene rings is 1. The van der Waals surface area contributed by atoms with Crippen LogP contribution in [0.15, 0.2) is 36.5 Å². The van der Waals surface area contributed by atoms with Crippen molar-refractivity contribution in [2.45, 2.75) is 50.2 Å². The molecule has 5 heteroatoms. The van der Waals surface area contributed by atoms with Crippen LogP contribution in [0.4, 0.5) is 0 Å². The zero-order valence-corrected chi connectivity index (χ0v) is 14.7. The number of rotatable bonds is 4. The molecule has 2 heterocycles. The number of ether oxygens (including phenoxy) is 1. The van der Waals surface area contributed by atoms with Gasteiger partial charge in [-0.1, -0.05) is 30.3 Å². The molecule has 126 valence electrons. The number of nitrogens with zero attached hydrogens (tertiary/aromatic N) is 1. The maximum absolute atomic E-state index is 12.6. The minimum absolute atomic E-state index is 0.0611. The number of thiazole rings is 1. The van der Waals surface area contributed by atoms with Gasteiger partial charge in [-0.05, 0) is 31.7 Å². The van der Waals surface area contributed by atoms with E-state index in [9.17, 15) is 4.79 Å². The Morgan fingerprint density at radius 2 is 2.17 bits per heavy atom. The van der Waals surface area contributed by atoms with Gasteiger partial charge in [0.1, 0.15) is 0 Å². The van der Waals surface area contributed by atoms with Crippen molar-refractivity contribution in [3.8, 4) is 0 Å². The lowest BCUT2D eigenvalue weighted by atomic mass is 9.77. The minimum Gasteiger partial charge on any atom is -0.373 e. The standard InChI is InChI=1S/C19H22N2O2S/c1-18-8-5-9-19(12-18,13-23-18)21-16(22)17-20-11-15(24-17)10-14-6-3-2-4-7-14/h2-4,6-7,11H,5,8-10,12-13H2,1H3,(H,21,22). The Kier molecular flexibility index (Phi) is 3.93. The molecule has 4 rings (SSSR count). The topological polar surface area (TPSA) is 51.2 Å². The Morgan fingerprint density at radius 1 is 1.33 bits per heavy atom. The van der Waals surface area contributed by atoms with E-state index in [4.69, 9.17) is 4.74 Å². The van der Waals surface area contributed by atoms with Crippen LogP contribution in [0.2, 0.25) is 0 Å². The first kappa shape index (κ1) is 15.8. The van der Waals surface area contributed by atoms with Crippen molar-refractivity contribution >= 4 is 17.2 Å². The SMILES string of the molecule is CC12CCCC(NC(=O)c3ncc(Cc4ccccc4)s3)(CO1)C2. The molecule has 1 aliphatic heterocycles. The van der Waals surface area contributed by atoms with Gasteiger partial charge in [-0.2, -0.15) is 0 Å². The Hall–Kier alpha value is -1.72. The fourth-order valence-corrected chi connectivity index (χ4v) is 4.82. The van der Waals surface area contributed by atoms with Crippen molar-refractivity contribution in [1.82, 2.24) is 10.3 Å². The highest BCUT2D eigenvalue weighted by Crippen LogP contribution is 2.44. The molecule has 2 aliphatic rings. The number of hydrogen-bond acceptors (Lipinski definition) is 4. The second-order valence-corrected chi connectivity index (χ2v) is 8.41. The number of amides is 1. The predicted octanol–water partition coefficient (Wildman–Crippen LogP) is 3.57. The molecule has 0 radical (unpaired) electrons. The molecular weight excluding hydrogens is 320 g/mol. The number of hydrogen-bond donors (Lipinski definition) is 1. The summed E-state index contributed by atoms with van der Waals surface area (Å²) in [4.78, 5) is 18.1. The minimum atomic E-state index is -0.199. The fraction of sp³-hybridized carbons (Fsp3) is 0.474. The zero-order chi connectivity index (χ0) is 16.6. The number of carbonyl (C=O) groups excluding carboxylic acids is 1. The third-order valence-corrected chi connectivity index (χ3v) is 6.11. The quantitative estimate of drug-likeness (QED) is 0.924. The van der Waals surface area contributed by atoms with Crippen LogP contribution in [0.1, 0.15) is 52.8 Å². The van der Waals surface area contributed by atoms with Crippen LogP contribution in [0, 0.1) is 0 Å². The number of carbonyl (C=O) groups is 1. The number of fused-ring (bicyclic) bond motifs is 2. The van der Waals surface area contributed by atoms with Crippen LogP contribution in [0.5, 0.6) is 0 Å². The largest absolute Gasteiger partial charge is 0.373 e. The van der Waals surface area contributed by atoms with E-state index in [0.29, 0.717) is 11.6 Å². The summed E-state index contributed by atoms with van der Waals surface area (Å²) in [5, 5.41) is 3.78. The lowest BCUT2D eigenvalue weighted by Crippen LogP contribution is -2.51. The highest BCUT2D eigenvalue weighted by atomic mass is 32.1. The van der Waals surface area contributed by atoms with Crippen molar-refractivity contribution in [3.63, 3.8) is 0 Å². The lowest BCUT2D eigenvalue weighted by Gasteiger charge is -2.35. The van der Waals surface area contributed by atoms with Crippen LogP contribution < -0.4 is 5.32 Å². The highest BCUT2D eigenvalue weighted by molar-refractivity contribution is 7.13. The summed E-state index contributed by atoms with van der Waals surface area (Å²) in [6, 6.07) is 10.3. The molecule has 1 amide bonds. The molecule has 2 bridgehead atoms. The summed E-state index contributed by atoms with van der Waals surface area (Å²) in [6.07, 6.45) is 6.74. The molecular formula is C19H22N2O2S. The summed E-state index contributed by atoms with van der Waals surface area (Å²) in [7, 11) is 0. The van der Waals surface area contributed by atoms with Gasteiger partial charge in [-0.25, -0.2) is 4.98 Å². The molecule has 1 aromatic heterocycles. The van der Waals surface area contributed by atoms with E-state index in [-0.39, 0.29) is 17.0 Å². The summed E-state index contributed by atoms with van der Waals surface area (Å²) in [5.74, 6) is -0.0611. The van der Waals surface area contributed by atoms with E-state index >= 15 is 0 Å². The molecule has 2 aromatic rings. The van der Waals surface area contributed by atoms with Crippen LogP contribution in [0.3, 0.4) is 0 Å². The van der Waals surface area contributed by atoms with Crippen molar-refractivity contribution in [2.24, 2.45) is 0 Å². The number of aromatic nitrogens is 1. The summed E-state index contributed by atoms with van der Waals surface area (Å²) in [5.41, 5.74) is 0.973. The molecule has 24 heavy (non-hydrogen) atoms. The molecule has 1 aliphatic carbocycles. The molecule has 1 aromatic carbocycles. The Morgan fingerprint density at radius 3 is 3.00 bits per heavy atom. The first-order valence-corrected chi connectivity index (χ1v) is 9.33. The average molecular weight is 342 g/mol. The molecule has 4 nitrogen and oxygen atoms in total. The van der Waals surface area contributed by atoms with Crippen molar-refractivity contribution in [1.29, 1.82) is 0 Å². The average Bonchev–Trinajstić information content (AvgIpc) is 3.11. The zero-order valence-electron chi connectivity index (χ0n) is 13.9. The van der Waals surface area contributed by atoms with Gasteiger partial charge in [0.15, 0.2) is 5.01 Å². The first-order valence-electron chi connectivity index (χ1n) is 8.51. The second-order valence-electron chi connectivity index (χ2n) is 7.30. The third kappa shape index (κ3) is 3.10. The van der Waals surface area contributed by atoms with Gasteiger partial charge in [0.05, 0.1) is 17.7 Å². The van der Waals surface area contributed by atoms with Crippen molar-refractivity contribution in [3.05, 3.63) is 52.0 Å². The van der Waals surface area contributed by atoms with E-state index in [1.54, 1.807) is 0 Å². The Balaban J connectivity index is 1.44. The number of nitrogens with one attached hydrogen (secondary N) is 1. The van der Waals surface area contributed by atoms with Gasteiger partial charge in [0.2, 0.25) is 0 Å². The van der Waals surface area contributed by atoms with Crippen LogP contribution in [-0.4, -0.2) is 28.6 Å². The highest BCUT2D eigenvalue weighted by Gasteiger charge is 2.50. The second kappa shape index (κ2) is 5.97. The van der Waals surface area contributed by atoms with Crippen LogP contribution in [0.25, 0.3) is 0 Å². The molecule has 2 atom stereocenters. The lowest BCUT2D eigenvalue weighted by molar-refractivity contribution is 0.0148. The summed E-state index contributed by atoms with van der Waals surface area (Å²) >= 11 is 1.48. The maximum atomic E-state index is 12.6. The Bertz CT molecular complexity index is 745. The van der Waals surface area contributed by atoms with Gasteiger partial charge in [-0.3, -0.25) is 4.79 Å². The molecule has 1 saturated carbocycles. The van der Waals surface area contributed by atoms with E-state index in [2.05, 4.69) is 29.4 Å². The Labute approximate surface area is 146 Å². The molecule has 1 N–H and O–H groups in total. The molecule has 1 saturated heterocycles. The van der Waals surface area contributed by atoms with E-state index in [0.717, 1.165) is 37.0 Å². The molecule has 2 unspecified atom stereocenters. The van der Waals surface area contributed by atoms with Crippen molar-refractivity contribution in [2.75, 3.05) is 6.61 Å². The van der Waals surface area contributed by atoms with E-state index < -0.39 is 0 Å². The molecule has 0 spiro atoms. The van der Waals surface area contributed by atoms with Gasteiger partial charge in [-0.15, -0.1) is 11.3 Å². The molecule has 2 fully saturated rings. The van der Waals surface area contributed by atoms with E-state index in [1.807, 2.05) is 24.4 Å². The monoisotopic (exact) mass is 342 g/mol. The third-order valence-electron chi connectivity index (χ3n) is 5.12. The normalized spacial score (nSPS) is 28.7. The van der Waals surface area contributed by atoms with Gasteiger partial charge in [0, 0.05) is 23.9 Å². The summed E-state index contributed by atoms with van der Waals surface area (Å²) < 4.78 is 5.96. The smallest absolute Gasteiger partial charge is 0.280 e. The summed E-state index contributed by atoms with van der Waals surface area (Å²) in [6.45, 7) is 2.78. The van der Waals surface area contributed by atoms with Crippen molar-refractivity contribution < 1.29 is 9.53 Å². The van der Waals surface area contributed by atoms with Gasteiger partial charge >= 0.3 is 0 Å². The van der Waals surface area contributed by atoms with Crippen LogP contribution in [-0.2, 0) is 11.2 Å². The predicted molar refractivity (Wildman–Crippen MR) is 94.4 cm³/mol. The fourth-order valence-electron chi connectivity index (χ4n) is 3.98. The first-order chi connectivity index (χ1) is 11.6.